The summed E-state index contributed by atoms with van der Waals surface area (Å²) in [6.45, 7) is 2.14. The zero-order valence-electron chi connectivity index (χ0n) is 19.6. The van der Waals surface area contributed by atoms with Crippen LogP contribution < -0.4 is 20.1 Å². The first-order chi connectivity index (χ1) is 17.1. The Morgan fingerprint density at radius 3 is 1.92 bits per heavy atom. The number of carbonyl (C=O) groups is 3. The Kier molecular flexibility index (Phi) is 8.63. The first-order valence-corrected chi connectivity index (χ1v) is 12.7. The number of carbonyl (C=O) groups excluding carboxylic acids is 3. The van der Waals surface area contributed by atoms with Crippen molar-refractivity contribution in [1.29, 1.82) is 0 Å². The molecule has 0 unspecified atom stereocenters. The summed E-state index contributed by atoms with van der Waals surface area (Å²) in [6, 6.07) is 19.1. The van der Waals surface area contributed by atoms with Gasteiger partial charge in [0.05, 0.1) is 12.9 Å². The van der Waals surface area contributed by atoms with Crippen molar-refractivity contribution in [3.63, 3.8) is 0 Å². The van der Waals surface area contributed by atoms with Crippen LogP contribution in [0, 0.1) is 0 Å². The monoisotopic (exact) mass is 511 g/mol. The van der Waals surface area contributed by atoms with E-state index >= 15 is 0 Å². The van der Waals surface area contributed by atoms with Crippen LogP contribution in [0.15, 0.2) is 72.8 Å². The van der Waals surface area contributed by atoms with Gasteiger partial charge < -0.3 is 20.1 Å². The van der Waals surface area contributed by atoms with Crippen molar-refractivity contribution in [3.8, 4) is 5.75 Å². The first-order valence-electron chi connectivity index (χ1n) is 10.8. The Morgan fingerprint density at radius 2 is 1.33 bits per heavy atom. The molecule has 0 radical (unpaired) electrons. The summed E-state index contributed by atoms with van der Waals surface area (Å²) in [5, 5.41) is 5.56. The number of nitrogens with one attached hydrogen (secondary N) is 3. The highest BCUT2D eigenvalue weighted by molar-refractivity contribution is 7.92. The number of ether oxygens (including phenoxy) is 2. The van der Waals surface area contributed by atoms with Gasteiger partial charge in [-0.3, -0.25) is 14.3 Å². The quantitative estimate of drug-likeness (QED) is 0.293. The Bertz CT molecular complexity index is 1320. The zero-order chi connectivity index (χ0) is 26.1. The lowest BCUT2D eigenvalue weighted by atomic mass is 10.1. The van der Waals surface area contributed by atoms with E-state index in [0.29, 0.717) is 22.5 Å². The second-order valence-electron chi connectivity index (χ2n) is 7.59. The van der Waals surface area contributed by atoms with Gasteiger partial charge in [0, 0.05) is 29.0 Å². The van der Waals surface area contributed by atoms with Crippen molar-refractivity contribution < 1.29 is 32.3 Å². The van der Waals surface area contributed by atoms with Crippen LogP contribution in [0.1, 0.15) is 33.2 Å². The van der Waals surface area contributed by atoms with Crippen LogP contribution in [-0.2, 0) is 21.3 Å². The largest absolute Gasteiger partial charge is 0.513 e. The minimum Gasteiger partial charge on any atom is -0.434 e. The molecular weight excluding hydrogens is 486 g/mol. The molecule has 2 amide bonds. The normalized spacial score (nSPS) is 10.7. The fourth-order valence-corrected chi connectivity index (χ4v) is 3.58. The molecule has 0 fully saturated rings. The van der Waals surface area contributed by atoms with Crippen LogP contribution in [0.25, 0.3) is 0 Å². The van der Waals surface area contributed by atoms with Crippen LogP contribution >= 0.6 is 0 Å². The topological polar surface area (TPSA) is 140 Å². The average molecular weight is 512 g/mol. The van der Waals surface area contributed by atoms with E-state index < -0.39 is 16.2 Å². The lowest BCUT2D eigenvalue weighted by molar-refractivity contribution is 0.0950. The van der Waals surface area contributed by atoms with Gasteiger partial charge in [-0.15, -0.1) is 0 Å². The maximum absolute atomic E-state index is 12.4. The van der Waals surface area contributed by atoms with Gasteiger partial charge in [-0.1, -0.05) is 12.1 Å². The van der Waals surface area contributed by atoms with E-state index in [-0.39, 0.29) is 30.7 Å². The molecule has 36 heavy (non-hydrogen) atoms. The van der Waals surface area contributed by atoms with Gasteiger partial charge in [0.1, 0.15) is 5.75 Å². The van der Waals surface area contributed by atoms with Crippen LogP contribution in [-0.4, -0.2) is 39.3 Å². The van der Waals surface area contributed by atoms with Gasteiger partial charge in [-0.05, 0) is 73.2 Å². The van der Waals surface area contributed by atoms with E-state index in [1.807, 2.05) is 0 Å². The van der Waals surface area contributed by atoms with Crippen LogP contribution in [0.2, 0.25) is 0 Å². The zero-order valence-corrected chi connectivity index (χ0v) is 20.4. The number of amides is 2. The predicted molar refractivity (Wildman–Crippen MR) is 135 cm³/mol. The van der Waals surface area contributed by atoms with Crippen molar-refractivity contribution >= 4 is 39.4 Å². The third kappa shape index (κ3) is 8.13. The molecule has 0 saturated heterocycles. The maximum Gasteiger partial charge on any atom is 0.513 e. The summed E-state index contributed by atoms with van der Waals surface area (Å²) in [4.78, 5) is 36.2. The minimum absolute atomic E-state index is 0.202. The first kappa shape index (κ1) is 26.2. The van der Waals surface area contributed by atoms with Crippen LogP contribution in [0.4, 0.5) is 16.2 Å². The molecule has 3 aromatic carbocycles. The number of benzene rings is 3. The summed E-state index contributed by atoms with van der Waals surface area (Å²) < 4.78 is 34.5. The Balaban J connectivity index is 1.50. The number of hydrogen-bond donors (Lipinski definition) is 3. The molecule has 3 rings (SSSR count). The molecule has 188 valence electrons. The van der Waals surface area contributed by atoms with Gasteiger partial charge in [0.2, 0.25) is 10.0 Å². The van der Waals surface area contributed by atoms with Gasteiger partial charge in [0.15, 0.2) is 0 Å². The highest BCUT2D eigenvalue weighted by atomic mass is 32.2. The van der Waals surface area contributed by atoms with E-state index in [9.17, 15) is 22.8 Å². The maximum atomic E-state index is 12.4. The van der Waals surface area contributed by atoms with Crippen molar-refractivity contribution in [2.45, 2.75) is 13.5 Å². The molecule has 0 aliphatic rings. The molecule has 0 saturated carbocycles. The third-order valence-electron chi connectivity index (χ3n) is 4.70. The Hall–Kier alpha value is -4.38. The highest BCUT2D eigenvalue weighted by Gasteiger charge is 2.10. The van der Waals surface area contributed by atoms with Crippen molar-refractivity contribution in [3.05, 3.63) is 89.5 Å². The molecule has 0 aliphatic heterocycles. The predicted octanol–water partition coefficient (Wildman–Crippen LogP) is 3.78. The van der Waals surface area contributed by atoms with Crippen LogP contribution in [0.3, 0.4) is 0 Å². The van der Waals surface area contributed by atoms with E-state index in [4.69, 9.17) is 9.47 Å². The average Bonchev–Trinajstić information content (AvgIpc) is 2.83. The van der Waals surface area contributed by atoms with Crippen molar-refractivity contribution in [1.82, 2.24) is 5.32 Å². The fourth-order valence-electron chi connectivity index (χ4n) is 3.02. The van der Waals surface area contributed by atoms with E-state index in [0.717, 1.165) is 11.8 Å². The lowest BCUT2D eigenvalue weighted by Crippen LogP contribution is -2.22. The minimum atomic E-state index is -3.39. The molecule has 0 aromatic heterocycles. The summed E-state index contributed by atoms with van der Waals surface area (Å²) in [7, 11) is -3.39. The van der Waals surface area contributed by atoms with Crippen molar-refractivity contribution in [2.24, 2.45) is 0 Å². The smallest absolute Gasteiger partial charge is 0.434 e. The van der Waals surface area contributed by atoms with E-state index in [1.165, 1.54) is 48.5 Å². The number of anilines is 2. The molecule has 10 nitrogen and oxygen atoms in total. The Labute approximate surface area is 208 Å². The summed E-state index contributed by atoms with van der Waals surface area (Å²) in [5.41, 5.74) is 2.50. The molecule has 0 atom stereocenters. The van der Waals surface area contributed by atoms with Gasteiger partial charge in [0.25, 0.3) is 11.8 Å². The molecule has 0 bridgehead atoms. The van der Waals surface area contributed by atoms with Gasteiger partial charge in [-0.25, -0.2) is 13.2 Å². The standard InChI is InChI=1S/C25H25N3O7S/c1-3-34-25(31)35-22-14-8-18(9-15-22)23(29)26-16-17-4-10-20(11-5-17)27-24(30)19-6-12-21(13-7-19)28-36(2,32)33/h4-15,28H,3,16H2,1-2H3,(H,26,29)(H,27,30). The van der Waals surface area contributed by atoms with E-state index in [2.05, 4.69) is 15.4 Å². The number of sulfonamides is 1. The molecule has 11 heteroatoms. The Morgan fingerprint density at radius 1 is 0.778 bits per heavy atom. The summed E-state index contributed by atoms with van der Waals surface area (Å²) >= 11 is 0. The highest BCUT2D eigenvalue weighted by Crippen LogP contribution is 2.16. The second-order valence-corrected chi connectivity index (χ2v) is 9.34. The van der Waals surface area contributed by atoms with E-state index in [1.54, 1.807) is 31.2 Å². The second kappa shape index (κ2) is 11.8. The number of hydrogen-bond acceptors (Lipinski definition) is 7. The summed E-state index contributed by atoms with van der Waals surface area (Å²) in [5.74, 6) is -0.384. The molecule has 3 aromatic rings. The lowest BCUT2D eigenvalue weighted by Gasteiger charge is -2.09. The molecule has 3 N–H and O–H groups in total. The molecule has 0 aliphatic carbocycles. The molecule has 0 spiro atoms. The van der Waals surface area contributed by atoms with Crippen molar-refractivity contribution in [2.75, 3.05) is 22.9 Å². The number of rotatable bonds is 9. The third-order valence-corrected chi connectivity index (χ3v) is 5.30. The summed E-state index contributed by atoms with van der Waals surface area (Å²) in [6.07, 6.45) is 0.236. The van der Waals surface area contributed by atoms with Gasteiger partial charge in [-0.2, -0.15) is 0 Å². The molecular formula is C25H25N3O7S. The van der Waals surface area contributed by atoms with Gasteiger partial charge >= 0.3 is 6.16 Å². The van der Waals surface area contributed by atoms with Crippen LogP contribution in [0.5, 0.6) is 5.75 Å². The SMILES string of the molecule is CCOC(=O)Oc1ccc(C(=O)NCc2ccc(NC(=O)c3ccc(NS(C)(=O)=O)cc3)cc2)cc1. The fraction of sp³-hybridized carbons (Fsp3) is 0.160. The molecule has 0 heterocycles.